The number of rotatable bonds is 5. The van der Waals surface area contributed by atoms with Crippen molar-refractivity contribution in [3.8, 4) is 0 Å². The molecule has 0 spiro atoms. The highest BCUT2D eigenvalue weighted by Gasteiger charge is 2.15. The molecule has 0 aliphatic rings. The van der Waals surface area contributed by atoms with E-state index in [1.165, 1.54) is 22.3 Å². The Kier molecular flexibility index (Phi) is 5.81. The van der Waals surface area contributed by atoms with Crippen LogP contribution in [0.15, 0.2) is 18.2 Å². The Hall–Kier alpha value is -1.08. The summed E-state index contributed by atoms with van der Waals surface area (Å²) in [6.07, 6.45) is 4.26. The zero-order chi connectivity index (χ0) is 14.6. The van der Waals surface area contributed by atoms with Crippen molar-refractivity contribution in [2.75, 3.05) is 6.54 Å². The topological polar surface area (TPSA) is 26.0 Å². The molecule has 106 valence electrons. The van der Waals surface area contributed by atoms with Crippen LogP contribution in [0, 0.1) is 0 Å². The largest absolute Gasteiger partial charge is 0.327 e. The Balaban J connectivity index is 3.51. The van der Waals surface area contributed by atoms with Crippen molar-refractivity contribution in [1.82, 2.24) is 0 Å². The highest BCUT2D eigenvalue weighted by atomic mass is 14.5. The Morgan fingerprint density at radius 2 is 1.37 bits per heavy atom. The molecule has 1 heteroatoms. The molecule has 0 aliphatic heterocycles. The van der Waals surface area contributed by atoms with Crippen LogP contribution in [0.25, 0.3) is 6.08 Å². The molecule has 0 atom stereocenters. The molecule has 0 saturated carbocycles. The van der Waals surface area contributed by atoms with Crippen molar-refractivity contribution >= 4 is 6.08 Å². The average Bonchev–Trinajstić information content (AvgIpc) is 2.34. The van der Waals surface area contributed by atoms with Gasteiger partial charge in [-0.05, 0) is 40.0 Å². The van der Waals surface area contributed by atoms with Crippen LogP contribution in [0.5, 0.6) is 0 Å². The standard InChI is InChI=1S/C18H29N/c1-12(2)15-10-17(13(3)4)16(8-7-9-19)18(11-15)14(5)6/h7-8,10-14H,9,19H2,1-6H3. The zero-order valence-corrected chi connectivity index (χ0v) is 13.3. The first-order valence-electron chi connectivity index (χ1n) is 7.42. The number of hydrogen-bond donors (Lipinski definition) is 1. The van der Waals surface area contributed by atoms with Crippen molar-refractivity contribution in [2.45, 2.75) is 59.3 Å². The van der Waals surface area contributed by atoms with Gasteiger partial charge in [-0.1, -0.05) is 65.8 Å². The van der Waals surface area contributed by atoms with E-state index in [0.29, 0.717) is 24.3 Å². The summed E-state index contributed by atoms with van der Waals surface area (Å²) in [4.78, 5) is 0. The second kappa shape index (κ2) is 6.91. The van der Waals surface area contributed by atoms with E-state index < -0.39 is 0 Å². The molecular weight excluding hydrogens is 230 g/mol. The smallest absolute Gasteiger partial charge is 0.0110 e. The molecule has 0 unspecified atom stereocenters. The van der Waals surface area contributed by atoms with Crippen LogP contribution in [0.1, 0.15) is 81.5 Å². The second-order valence-corrected chi connectivity index (χ2v) is 6.22. The summed E-state index contributed by atoms with van der Waals surface area (Å²) in [7, 11) is 0. The summed E-state index contributed by atoms with van der Waals surface area (Å²) >= 11 is 0. The van der Waals surface area contributed by atoms with E-state index in [-0.39, 0.29) is 0 Å². The molecule has 0 fully saturated rings. The van der Waals surface area contributed by atoms with Gasteiger partial charge < -0.3 is 5.73 Å². The Bertz CT molecular complexity index is 410. The molecule has 0 heterocycles. The summed E-state index contributed by atoms with van der Waals surface area (Å²) in [5.41, 5.74) is 11.3. The summed E-state index contributed by atoms with van der Waals surface area (Å²) in [6, 6.07) is 4.74. The quantitative estimate of drug-likeness (QED) is 0.788. The van der Waals surface area contributed by atoms with E-state index in [4.69, 9.17) is 5.73 Å². The zero-order valence-electron chi connectivity index (χ0n) is 13.3. The van der Waals surface area contributed by atoms with Gasteiger partial charge in [-0.2, -0.15) is 0 Å². The maximum absolute atomic E-state index is 5.62. The van der Waals surface area contributed by atoms with Gasteiger partial charge in [-0.25, -0.2) is 0 Å². The van der Waals surface area contributed by atoms with Gasteiger partial charge in [0.1, 0.15) is 0 Å². The Morgan fingerprint density at radius 3 is 1.68 bits per heavy atom. The van der Waals surface area contributed by atoms with Crippen molar-refractivity contribution < 1.29 is 0 Å². The first-order chi connectivity index (χ1) is 8.88. The maximum atomic E-state index is 5.62. The average molecular weight is 259 g/mol. The molecule has 19 heavy (non-hydrogen) atoms. The predicted molar refractivity (Wildman–Crippen MR) is 86.8 cm³/mol. The van der Waals surface area contributed by atoms with Crippen LogP contribution in [0.4, 0.5) is 0 Å². The minimum absolute atomic E-state index is 0.536. The lowest BCUT2D eigenvalue weighted by molar-refractivity contribution is 0.801. The molecule has 0 radical (unpaired) electrons. The van der Waals surface area contributed by atoms with Gasteiger partial charge in [0.15, 0.2) is 0 Å². The summed E-state index contributed by atoms with van der Waals surface area (Å²) in [6.45, 7) is 14.2. The molecular formula is C18H29N. The number of hydrogen-bond acceptors (Lipinski definition) is 1. The minimum Gasteiger partial charge on any atom is -0.327 e. The number of nitrogens with two attached hydrogens (primary N) is 1. The summed E-state index contributed by atoms with van der Waals surface area (Å²) in [5.74, 6) is 1.64. The normalized spacial score (nSPS) is 12.3. The van der Waals surface area contributed by atoms with Crippen molar-refractivity contribution in [2.24, 2.45) is 5.73 Å². The molecule has 1 aromatic carbocycles. The molecule has 0 saturated heterocycles. The highest BCUT2D eigenvalue weighted by molar-refractivity contribution is 5.61. The molecule has 0 bridgehead atoms. The first kappa shape index (κ1) is 16.0. The van der Waals surface area contributed by atoms with Crippen LogP contribution in [0.3, 0.4) is 0 Å². The maximum Gasteiger partial charge on any atom is 0.0110 e. The van der Waals surface area contributed by atoms with Gasteiger partial charge >= 0.3 is 0 Å². The molecule has 2 N–H and O–H groups in total. The third kappa shape index (κ3) is 3.94. The van der Waals surface area contributed by atoms with E-state index in [0.717, 1.165) is 0 Å². The fraction of sp³-hybridized carbons (Fsp3) is 0.556. The lowest BCUT2D eigenvalue weighted by Crippen LogP contribution is -2.04. The van der Waals surface area contributed by atoms with Gasteiger partial charge in [-0.3, -0.25) is 0 Å². The molecule has 1 nitrogen and oxygen atoms in total. The summed E-state index contributed by atoms with van der Waals surface area (Å²) in [5, 5.41) is 0. The lowest BCUT2D eigenvalue weighted by Gasteiger charge is -2.21. The number of benzene rings is 1. The van der Waals surface area contributed by atoms with Crippen molar-refractivity contribution in [3.63, 3.8) is 0 Å². The Morgan fingerprint density at radius 1 is 0.895 bits per heavy atom. The molecule has 1 aromatic rings. The van der Waals surface area contributed by atoms with E-state index in [1.54, 1.807) is 0 Å². The lowest BCUT2D eigenvalue weighted by atomic mass is 9.84. The van der Waals surface area contributed by atoms with Gasteiger partial charge in [0.05, 0.1) is 0 Å². The molecule has 0 aromatic heterocycles. The Labute approximate surface area is 118 Å². The van der Waals surface area contributed by atoms with Gasteiger partial charge in [0, 0.05) is 6.54 Å². The fourth-order valence-corrected chi connectivity index (χ4v) is 2.39. The molecule has 1 rings (SSSR count). The van der Waals surface area contributed by atoms with Gasteiger partial charge in [-0.15, -0.1) is 0 Å². The van der Waals surface area contributed by atoms with Crippen molar-refractivity contribution in [3.05, 3.63) is 40.5 Å². The third-order valence-electron chi connectivity index (χ3n) is 3.60. The summed E-state index contributed by atoms with van der Waals surface area (Å²) < 4.78 is 0. The monoisotopic (exact) mass is 259 g/mol. The van der Waals surface area contributed by atoms with Crippen LogP contribution >= 0.6 is 0 Å². The van der Waals surface area contributed by atoms with Gasteiger partial charge in [0.2, 0.25) is 0 Å². The third-order valence-corrected chi connectivity index (χ3v) is 3.60. The van der Waals surface area contributed by atoms with E-state index in [2.05, 4.69) is 65.8 Å². The SMILES string of the molecule is CC(C)c1cc(C(C)C)c(C=CCN)c(C(C)C)c1. The first-order valence-corrected chi connectivity index (χ1v) is 7.42. The van der Waals surface area contributed by atoms with E-state index >= 15 is 0 Å². The van der Waals surface area contributed by atoms with Crippen LogP contribution < -0.4 is 5.73 Å². The van der Waals surface area contributed by atoms with E-state index in [1.807, 2.05) is 0 Å². The molecule has 0 aliphatic carbocycles. The fourth-order valence-electron chi connectivity index (χ4n) is 2.39. The highest BCUT2D eigenvalue weighted by Crippen LogP contribution is 2.32. The van der Waals surface area contributed by atoms with Crippen LogP contribution in [-0.2, 0) is 0 Å². The second-order valence-electron chi connectivity index (χ2n) is 6.22. The van der Waals surface area contributed by atoms with Gasteiger partial charge in [0.25, 0.3) is 0 Å². The van der Waals surface area contributed by atoms with Crippen LogP contribution in [0.2, 0.25) is 0 Å². The predicted octanol–water partition coefficient (Wildman–Crippen LogP) is 5.03. The minimum atomic E-state index is 0.536. The van der Waals surface area contributed by atoms with Crippen molar-refractivity contribution in [1.29, 1.82) is 0 Å². The van der Waals surface area contributed by atoms with Crippen LogP contribution in [-0.4, -0.2) is 6.54 Å². The molecule has 0 amide bonds. The van der Waals surface area contributed by atoms with E-state index in [9.17, 15) is 0 Å².